The summed E-state index contributed by atoms with van der Waals surface area (Å²) >= 11 is 7.02. The molecule has 1 heterocycles. The summed E-state index contributed by atoms with van der Waals surface area (Å²) in [6, 6.07) is 4.95. The Labute approximate surface area is 114 Å². The van der Waals surface area contributed by atoms with Crippen LogP contribution in [0, 0.1) is 5.82 Å². The van der Waals surface area contributed by atoms with Crippen molar-refractivity contribution in [3.05, 3.63) is 40.4 Å². The number of rotatable bonds is 5. The van der Waals surface area contributed by atoms with Crippen LogP contribution in [-0.2, 0) is 6.42 Å². The standard InChI is InChI=1S/C12H13ClFN3S/c1-2-6-15-12-16-10(17-18-12)7-8-4-3-5-9(13)11(8)14/h3-5H,2,6-7H2,1H3,(H,15,16,17). The van der Waals surface area contributed by atoms with E-state index < -0.39 is 5.82 Å². The summed E-state index contributed by atoms with van der Waals surface area (Å²) in [6.07, 6.45) is 1.38. The third kappa shape index (κ3) is 3.17. The van der Waals surface area contributed by atoms with E-state index in [9.17, 15) is 4.39 Å². The van der Waals surface area contributed by atoms with Gasteiger partial charge in [0.25, 0.3) is 0 Å². The minimum absolute atomic E-state index is 0.132. The van der Waals surface area contributed by atoms with Gasteiger partial charge in [0.2, 0.25) is 5.13 Å². The maximum atomic E-state index is 13.7. The van der Waals surface area contributed by atoms with Crippen molar-refractivity contribution in [2.75, 3.05) is 11.9 Å². The van der Waals surface area contributed by atoms with Gasteiger partial charge in [0.05, 0.1) is 5.02 Å². The molecule has 0 aliphatic carbocycles. The Morgan fingerprint density at radius 3 is 3.06 bits per heavy atom. The van der Waals surface area contributed by atoms with Gasteiger partial charge in [-0.15, -0.1) is 0 Å². The van der Waals surface area contributed by atoms with Gasteiger partial charge in [-0.2, -0.15) is 4.37 Å². The minimum atomic E-state index is -0.392. The lowest BCUT2D eigenvalue weighted by molar-refractivity contribution is 0.613. The lowest BCUT2D eigenvalue weighted by Crippen LogP contribution is -2.00. The van der Waals surface area contributed by atoms with Gasteiger partial charge >= 0.3 is 0 Å². The van der Waals surface area contributed by atoms with Crippen LogP contribution in [0.2, 0.25) is 5.02 Å². The molecule has 2 rings (SSSR count). The van der Waals surface area contributed by atoms with E-state index >= 15 is 0 Å². The van der Waals surface area contributed by atoms with E-state index in [0.717, 1.165) is 18.1 Å². The quantitative estimate of drug-likeness (QED) is 0.909. The number of aromatic nitrogens is 2. The highest BCUT2D eigenvalue weighted by Crippen LogP contribution is 2.21. The number of halogens is 2. The van der Waals surface area contributed by atoms with Crippen molar-refractivity contribution < 1.29 is 4.39 Å². The Kier molecular flexibility index (Phi) is 4.49. The van der Waals surface area contributed by atoms with Crippen LogP contribution in [0.25, 0.3) is 0 Å². The number of nitrogens with one attached hydrogen (secondary N) is 1. The van der Waals surface area contributed by atoms with Gasteiger partial charge in [0.1, 0.15) is 11.6 Å². The van der Waals surface area contributed by atoms with Crippen molar-refractivity contribution >= 4 is 28.3 Å². The van der Waals surface area contributed by atoms with Crippen LogP contribution >= 0.6 is 23.1 Å². The molecule has 18 heavy (non-hydrogen) atoms. The van der Waals surface area contributed by atoms with Crippen LogP contribution in [0.1, 0.15) is 24.7 Å². The second kappa shape index (κ2) is 6.11. The van der Waals surface area contributed by atoms with Gasteiger partial charge in [-0.1, -0.05) is 30.7 Å². The Morgan fingerprint density at radius 1 is 1.44 bits per heavy atom. The van der Waals surface area contributed by atoms with Gasteiger partial charge in [0.15, 0.2) is 0 Å². The summed E-state index contributed by atoms with van der Waals surface area (Å²) in [5, 5.41) is 4.06. The first-order valence-electron chi connectivity index (χ1n) is 5.70. The number of anilines is 1. The summed E-state index contributed by atoms with van der Waals surface area (Å²) in [5.74, 6) is 0.219. The SMILES string of the molecule is CCCNc1nc(Cc2cccc(Cl)c2F)ns1. The molecule has 0 spiro atoms. The third-order valence-corrected chi connectivity index (χ3v) is 3.38. The van der Waals surface area contributed by atoms with Crippen LogP contribution in [0.4, 0.5) is 9.52 Å². The largest absolute Gasteiger partial charge is 0.360 e. The molecule has 1 aromatic carbocycles. The highest BCUT2D eigenvalue weighted by Gasteiger charge is 2.10. The third-order valence-electron chi connectivity index (χ3n) is 2.37. The van der Waals surface area contributed by atoms with Gasteiger partial charge in [-0.25, -0.2) is 9.37 Å². The Balaban J connectivity index is 2.09. The Bertz CT molecular complexity index is 530. The van der Waals surface area contributed by atoms with Crippen molar-refractivity contribution in [2.45, 2.75) is 19.8 Å². The number of hydrogen-bond acceptors (Lipinski definition) is 4. The molecule has 0 bridgehead atoms. The lowest BCUT2D eigenvalue weighted by Gasteiger charge is -2.01. The molecule has 0 fully saturated rings. The van der Waals surface area contributed by atoms with E-state index in [1.54, 1.807) is 12.1 Å². The van der Waals surface area contributed by atoms with Crippen LogP contribution in [0.15, 0.2) is 18.2 Å². The molecule has 0 unspecified atom stereocenters. The molecule has 6 heteroatoms. The van der Waals surface area contributed by atoms with Crippen molar-refractivity contribution in [1.29, 1.82) is 0 Å². The van der Waals surface area contributed by atoms with E-state index in [2.05, 4.69) is 21.6 Å². The molecule has 3 nitrogen and oxygen atoms in total. The second-order valence-corrected chi connectivity index (χ2v) is 4.99. The highest BCUT2D eigenvalue weighted by molar-refractivity contribution is 7.09. The zero-order valence-corrected chi connectivity index (χ0v) is 11.5. The summed E-state index contributed by atoms with van der Waals surface area (Å²) < 4.78 is 17.9. The molecule has 0 aliphatic heterocycles. The zero-order valence-electron chi connectivity index (χ0n) is 9.91. The fourth-order valence-electron chi connectivity index (χ4n) is 1.48. The topological polar surface area (TPSA) is 37.8 Å². The maximum absolute atomic E-state index is 13.7. The Morgan fingerprint density at radius 2 is 2.28 bits per heavy atom. The smallest absolute Gasteiger partial charge is 0.202 e. The van der Waals surface area contributed by atoms with Crippen LogP contribution < -0.4 is 5.32 Å². The molecule has 0 atom stereocenters. The molecule has 0 amide bonds. The first-order valence-corrected chi connectivity index (χ1v) is 6.85. The van der Waals surface area contributed by atoms with Gasteiger partial charge < -0.3 is 5.32 Å². The molecule has 0 aliphatic rings. The molecule has 0 saturated heterocycles. The van der Waals surface area contributed by atoms with Gasteiger partial charge in [-0.05, 0) is 18.1 Å². The van der Waals surface area contributed by atoms with Crippen molar-refractivity contribution in [2.24, 2.45) is 0 Å². The second-order valence-electron chi connectivity index (χ2n) is 3.83. The van der Waals surface area contributed by atoms with Crippen LogP contribution in [0.5, 0.6) is 0 Å². The molecule has 96 valence electrons. The van der Waals surface area contributed by atoms with Crippen molar-refractivity contribution in [1.82, 2.24) is 9.36 Å². The first-order chi connectivity index (χ1) is 8.70. The number of benzene rings is 1. The number of hydrogen-bond donors (Lipinski definition) is 1. The predicted molar refractivity (Wildman–Crippen MR) is 72.9 cm³/mol. The zero-order chi connectivity index (χ0) is 13.0. The normalized spacial score (nSPS) is 10.6. The summed E-state index contributed by atoms with van der Waals surface area (Å²) in [4.78, 5) is 4.30. The number of nitrogens with zero attached hydrogens (tertiary/aromatic N) is 2. The van der Waals surface area contributed by atoms with Gasteiger partial charge in [-0.3, -0.25) is 0 Å². The van der Waals surface area contributed by atoms with E-state index in [-0.39, 0.29) is 5.02 Å². The average molecular weight is 286 g/mol. The Hall–Kier alpha value is -1.20. The van der Waals surface area contributed by atoms with E-state index in [1.165, 1.54) is 17.6 Å². The monoisotopic (exact) mass is 285 g/mol. The summed E-state index contributed by atoms with van der Waals surface area (Å²) in [7, 11) is 0. The van der Waals surface area contributed by atoms with Crippen molar-refractivity contribution in [3.8, 4) is 0 Å². The first kappa shape index (κ1) is 13.2. The molecule has 0 radical (unpaired) electrons. The molecular formula is C12H13ClFN3S. The average Bonchev–Trinajstić information content (AvgIpc) is 2.80. The lowest BCUT2D eigenvalue weighted by atomic mass is 10.1. The van der Waals surface area contributed by atoms with E-state index in [0.29, 0.717) is 17.8 Å². The highest BCUT2D eigenvalue weighted by atomic mass is 35.5. The van der Waals surface area contributed by atoms with Crippen LogP contribution in [-0.4, -0.2) is 15.9 Å². The fourth-order valence-corrected chi connectivity index (χ4v) is 2.29. The fraction of sp³-hybridized carbons (Fsp3) is 0.333. The summed E-state index contributed by atoms with van der Waals surface area (Å²) in [5.41, 5.74) is 0.516. The van der Waals surface area contributed by atoms with Gasteiger partial charge in [0, 0.05) is 24.5 Å². The summed E-state index contributed by atoms with van der Waals surface area (Å²) in [6.45, 7) is 2.94. The van der Waals surface area contributed by atoms with E-state index in [4.69, 9.17) is 11.6 Å². The predicted octanol–water partition coefficient (Wildman–Crippen LogP) is 3.74. The minimum Gasteiger partial charge on any atom is -0.360 e. The maximum Gasteiger partial charge on any atom is 0.202 e. The molecule has 1 N–H and O–H groups in total. The van der Waals surface area contributed by atoms with E-state index in [1.807, 2.05) is 0 Å². The van der Waals surface area contributed by atoms with Crippen LogP contribution in [0.3, 0.4) is 0 Å². The molecular weight excluding hydrogens is 273 g/mol. The molecule has 2 aromatic rings. The van der Waals surface area contributed by atoms with Crippen molar-refractivity contribution in [3.63, 3.8) is 0 Å². The molecule has 0 saturated carbocycles. The molecule has 1 aromatic heterocycles.